The Morgan fingerprint density at radius 2 is 2.20 bits per heavy atom. The Hall–Kier alpha value is -2.37. The molecule has 2 N–H and O–H groups in total. The molecule has 1 unspecified atom stereocenters. The van der Waals surface area contributed by atoms with Crippen LogP contribution in [0.3, 0.4) is 0 Å². The van der Waals surface area contributed by atoms with Crippen LogP contribution in [0, 0.1) is 5.92 Å². The van der Waals surface area contributed by atoms with E-state index in [1.165, 1.54) is 12.3 Å². The smallest absolute Gasteiger partial charge is 0.260 e. The molecule has 0 bridgehead atoms. The molecule has 0 aliphatic carbocycles. The van der Waals surface area contributed by atoms with Crippen LogP contribution in [-0.4, -0.2) is 20.4 Å². The number of aryl methyl sites for hydroxylation is 1. The third-order valence-electron chi connectivity index (χ3n) is 3.15. The van der Waals surface area contributed by atoms with Gasteiger partial charge >= 0.3 is 0 Å². The van der Waals surface area contributed by atoms with Crippen molar-refractivity contribution < 1.29 is 4.79 Å². The number of nitrogens with one attached hydrogen (secondary N) is 2. The van der Waals surface area contributed by atoms with Gasteiger partial charge in [0.15, 0.2) is 0 Å². The molecule has 0 saturated carbocycles. The number of carbonyl (C=O) groups excluding carboxylic acids is 1. The van der Waals surface area contributed by atoms with Crippen LogP contribution >= 0.6 is 0 Å². The highest BCUT2D eigenvalue weighted by Gasteiger charge is 2.23. The maximum absolute atomic E-state index is 12.2. The largest absolute Gasteiger partial charge is 0.342 e. The fourth-order valence-electron chi connectivity index (χ4n) is 2.03. The summed E-state index contributed by atoms with van der Waals surface area (Å²) in [5, 5.41) is 2.87. The molecule has 2 aromatic heterocycles. The second kappa shape index (κ2) is 5.73. The standard InChI is InChI=1S/C14H18N4O2/c1-9(2)11(12-15-7-8-18(12)3)17-14(20)10-5-4-6-16-13(10)19/h4-9,11H,1-3H3,(H,16,19)(H,17,20). The molecule has 0 aliphatic heterocycles. The number of aromatic nitrogens is 3. The number of aromatic amines is 1. The van der Waals surface area contributed by atoms with Crippen molar-refractivity contribution in [3.8, 4) is 0 Å². The van der Waals surface area contributed by atoms with Crippen molar-refractivity contribution >= 4 is 5.91 Å². The van der Waals surface area contributed by atoms with E-state index < -0.39 is 11.5 Å². The molecule has 2 heterocycles. The first-order chi connectivity index (χ1) is 9.50. The van der Waals surface area contributed by atoms with Gasteiger partial charge in [-0.15, -0.1) is 0 Å². The van der Waals surface area contributed by atoms with Crippen LogP contribution < -0.4 is 10.9 Å². The highest BCUT2D eigenvalue weighted by molar-refractivity contribution is 5.93. The van der Waals surface area contributed by atoms with Crippen molar-refractivity contribution in [2.24, 2.45) is 13.0 Å². The van der Waals surface area contributed by atoms with E-state index in [1.54, 1.807) is 12.3 Å². The lowest BCUT2D eigenvalue weighted by molar-refractivity contribution is 0.0921. The van der Waals surface area contributed by atoms with Gasteiger partial charge in [0.05, 0.1) is 6.04 Å². The summed E-state index contributed by atoms with van der Waals surface area (Å²) < 4.78 is 1.86. The Labute approximate surface area is 116 Å². The molecular formula is C14H18N4O2. The number of nitrogens with zero attached hydrogens (tertiary/aromatic N) is 2. The van der Waals surface area contributed by atoms with Crippen LogP contribution in [0.25, 0.3) is 0 Å². The molecule has 20 heavy (non-hydrogen) atoms. The Morgan fingerprint density at radius 1 is 1.45 bits per heavy atom. The van der Waals surface area contributed by atoms with Crippen LogP contribution in [0.5, 0.6) is 0 Å². The molecule has 0 radical (unpaired) electrons. The summed E-state index contributed by atoms with van der Waals surface area (Å²) in [5.74, 6) is 0.525. The zero-order valence-corrected chi connectivity index (χ0v) is 11.8. The molecule has 2 rings (SSSR count). The first-order valence-corrected chi connectivity index (χ1v) is 6.46. The molecule has 6 heteroatoms. The lowest BCUT2D eigenvalue weighted by Gasteiger charge is -2.21. The van der Waals surface area contributed by atoms with Crippen LogP contribution in [0.15, 0.2) is 35.5 Å². The third-order valence-corrected chi connectivity index (χ3v) is 3.15. The van der Waals surface area contributed by atoms with Crippen molar-refractivity contribution in [1.29, 1.82) is 0 Å². The predicted octanol–water partition coefficient (Wildman–Crippen LogP) is 1.24. The van der Waals surface area contributed by atoms with Crippen molar-refractivity contribution in [1.82, 2.24) is 19.9 Å². The number of imidazole rings is 1. The number of hydrogen-bond acceptors (Lipinski definition) is 3. The average Bonchev–Trinajstić information content (AvgIpc) is 2.82. The Kier molecular flexibility index (Phi) is 4.02. The summed E-state index contributed by atoms with van der Waals surface area (Å²) >= 11 is 0. The van der Waals surface area contributed by atoms with Crippen molar-refractivity contribution in [2.75, 3.05) is 0 Å². The van der Waals surface area contributed by atoms with E-state index >= 15 is 0 Å². The minimum atomic E-state index is -0.396. The second-order valence-corrected chi connectivity index (χ2v) is 5.00. The highest BCUT2D eigenvalue weighted by Crippen LogP contribution is 2.19. The molecule has 1 amide bonds. The number of H-pyrrole nitrogens is 1. The molecule has 1 atom stereocenters. The normalized spacial score (nSPS) is 12.4. The molecule has 6 nitrogen and oxygen atoms in total. The molecule has 106 valence electrons. The average molecular weight is 274 g/mol. The van der Waals surface area contributed by atoms with Crippen LogP contribution in [0.2, 0.25) is 0 Å². The van der Waals surface area contributed by atoms with Gasteiger partial charge in [0.25, 0.3) is 11.5 Å². The number of pyridine rings is 1. The SMILES string of the molecule is CC(C)C(NC(=O)c1ccc[nH]c1=O)c1nccn1C. The Bertz CT molecular complexity index is 657. The topological polar surface area (TPSA) is 79.8 Å². The fourth-order valence-corrected chi connectivity index (χ4v) is 2.03. The van der Waals surface area contributed by atoms with Gasteiger partial charge in [-0.25, -0.2) is 4.98 Å². The zero-order valence-electron chi connectivity index (χ0n) is 11.8. The summed E-state index contributed by atoms with van der Waals surface area (Å²) in [6.45, 7) is 3.99. The monoisotopic (exact) mass is 274 g/mol. The van der Waals surface area contributed by atoms with Gasteiger partial charge in [-0.2, -0.15) is 0 Å². The van der Waals surface area contributed by atoms with E-state index in [0.29, 0.717) is 0 Å². The number of hydrogen-bond donors (Lipinski definition) is 2. The third kappa shape index (κ3) is 2.79. The summed E-state index contributed by atoms with van der Waals surface area (Å²) in [7, 11) is 1.87. The number of rotatable bonds is 4. The maximum Gasteiger partial charge on any atom is 0.260 e. The van der Waals surface area contributed by atoms with Crippen molar-refractivity contribution in [3.05, 3.63) is 52.5 Å². The highest BCUT2D eigenvalue weighted by atomic mass is 16.2. The van der Waals surface area contributed by atoms with Gasteiger partial charge in [0.1, 0.15) is 11.4 Å². The van der Waals surface area contributed by atoms with Crippen LogP contribution in [0.1, 0.15) is 36.1 Å². The summed E-state index contributed by atoms with van der Waals surface area (Å²) in [4.78, 5) is 30.6. The van der Waals surface area contributed by atoms with Crippen molar-refractivity contribution in [2.45, 2.75) is 19.9 Å². The quantitative estimate of drug-likeness (QED) is 0.880. The molecule has 0 fully saturated rings. The van der Waals surface area contributed by atoms with E-state index in [0.717, 1.165) is 5.82 Å². The summed E-state index contributed by atoms with van der Waals surface area (Å²) in [6, 6.07) is 2.88. The molecule has 2 aromatic rings. The van der Waals surface area contributed by atoms with Gasteiger partial charge < -0.3 is 14.9 Å². The molecular weight excluding hydrogens is 256 g/mol. The first-order valence-electron chi connectivity index (χ1n) is 6.46. The second-order valence-electron chi connectivity index (χ2n) is 5.00. The summed E-state index contributed by atoms with van der Waals surface area (Å²) in [5.41, 5.74) is -0.292. The molecule has 0 aliphatic rings. The van der Waals surface area contributed by atoms with Gasteiger partial charge in [-0.3, -0.25) is 9.59 Å². The predicted molar refractivity (Wildman–Crippen MR) is 75.3 cm³/mol. The minimum absolute atomic E-state index is 0.104. The molecule has 0 saturated heterocycles. The Morgan fingerprint density at radius 3 is 2.75 bits per heavy atom. The zero-order chi connectivity index (χ0) is 14.7. The molecule has 0 aromatic carbocycles. The first kappa shape index (κ1) is 14.0. The van der Waals surface area contributed by atoms with Crippen molar-refractivity contribution in [3.63, 3.8) is 0 Å². The molecule has 0 spiro atoms. The van der Waals surface area contributed by atoms with Crippen LogP contribution in [-0.2, 0) is 7.05 Å². The van der Waals surface area contributed by atoms with E-state index in [4.69, 9.17) is 0 Å². The van der Waals surface area contributed by atoms with Gasteiger partial charge in [-0.1, -0.05) is 13.8 Å². The summed E-state index contributed by atoms with van der Waals surface area (Å²) in [6.07, 6.45) is 5.01. The van der Waals surface area contributed by atoms with E-state index in [1.807, 2.05) is 31.7 Å². The Balaban J connectivity index is 2.26. The lowest BCUT2D eigenvalue weighted by Crippen LogP contribution is -2.36. The number of carbonyl (C=O) groups is 1. The van der Waals surface area contributed by atoms with E-state index in [9.17, 15) is 9.59 Å². The van der Waals surface area contributed by atoms with E-state index in [2.05, 4.69) is 15.3 Å². The van der Waals surface area contributed by atoms with Gasteiger partial charge in [0.2, 0.25) is 0 Å². The fraction of sp³-hybridized carbons (Fsp3) is 0.357. The maximum atomic E-state index is 12.2. The number of amides is 1. The minimum Gasteiger partial charge on any atom is -0.342 e. The van der Waals surface area contributed by atoms with Gasteiger partial charge in [0, 0.05) is 25.6 Å². The van der Waals surface area contributed by atoms with E-state index in [-0.39, 0.29) is 17.5 Å². The van der Waals surface area contributed by atoms with Crippen LogP contribution in [0.4, 0.5) is 0 Å². The lowest BCUT2D eigenvalue weighted by atomic mass is 10.0. The van der Waals surface area contributed by atoms with Gasteiger partial charge in [-0.05, 0) is 18.1 Å².